The summed E-state index contributed by atoms with van der Waals surface area (Å²) in [6.45, 7) is 1.87. The normalized spacial score (nSPS) is 26.5. The minimum atomic E-state index is 0.0261. The van der Waals surface area contributed by atoms with Crippen LogP contribution >= 0.6 is 11.5 Å². The molecule has 4 heterocycles. The van der Waals surface area contributed by atoms with Gasteiger partial charge in [-0.05, 0) is 49.2 Å². The Morgan fingerprint density at radius 1 is 1.13 bits per heavy atom. The second-order valence-electron chi connectivity index (χ2n) is 8.69. The van der Waals surface area contributed by atoms with Crippen LogP contribution in [-0.4, -0.2) is 63.6 Å². The number of amides is 3. The molecule has 0 saturated carbocycles. The second-order valence-corrected chi connectivity index (χ2v) is 9.46. The minimum absolute atomic E-state index is 0.0261. The van der Waals surface area contributed by atoms with E-state index in [4.69, 9.17) is 0 Å². The number of fused-ring (bicyclic) bond motifs is 3. The summed E-state index contributed by atoms with van der Waals surface area (Å²) < 4.78 is 4.41. The first-order valence-corrected chi connectivity index (χ1v) is 11.6. The number of hydrogen-bond donors (Lipinski definition) is 1. The van der Waals surface area contributed by atoms with Crippen LogP contribution in [0.15, 0.2) is 24.3 Å². The minimum Gasteiger partial charge on any atom is -0.356 e. The summed E-state index contributed by atoms with van der Waals surface area (Å²) in [5.74, 6) is 0.360. The first-order chi connectivity index (χ1) is 14.6. The predicted octanol–water partition coefficient (Wildman–Crippen LogP) is 2.42. The molecule has 1 aromatic carbocycles. The monoisotopic (exact) mass is 426 g/mol. The lowest BCUT2D eigenvalue weighted by Crippen LogP contribution is -2.57. The molecule has 5 rings (SSSR count). The van der Waals surface area contributed by atoms with Crippen LogP contribution < -0.4 is 5.32 Å². The van der Waals surface area contributed by atoms with E-state index in [2.05, 4.69) is 9.69 Å². The van der Waals surface area contributed by atoms with Crippen molar-refractivity contribution in [3.63, 3.8) is 0 Å². The number of aromatic nitrogens is 1. The Morgan fingerprint density at radius 2 is 1.90 bits per heavy atom. The zero-order valence-corrected chi connectivity index (χ0v) is 17.7. The van der Waals surface area contributed by atoms with Gasteiger partial charge in [0.1, 0.15) is 4.88 Å². The highest BCUT2D eigenvalue weighted by Crippen LogP contribution is 2.34. The number of carbonyl (C=O) groups excluding carboxylic acids is 3. The fraction of sp³-hybridized carbons (Fsp3) is 0.545. The Labute approximate surface area is 179 Å². The number of nitrogens with one attached hydrogen (secondary N) is 1. The maximum absolute atomic E-state index is 13.2. The molecule has 3 atom stereocenters. The van der Waals surface area contributed by atoms with E-state index in [1.54, 1.807) is 0 Å². The molecule has 2 bridgehead atoms. The quantitative estimate of drug-likeness (QED) is 0.817. The molecule has 0 aliphatic carbocycles. The lowest BCUT2D eigenvalue weighted by atomic mass is 9.95. The van der Waals surface area contributed by atoms with Crippen molar-refractivity contribution in [2.24, 2.45) is 5.92 Å². The molecule has 3 fully saturated rings. The molecule has 0 spiro atoms. The predicted molar refractivity (Wildman–Crippen MR) is 114 cm³/mol. The van der Waals surface area contributed by atoms with Crippen LogP contribution in [0.25, 0.3) is 10.9 Å². The Kier molecular flexibility index (Phi) is 5.18. The van der Waals surface area contributed by atoms with Crippen LogP contribution in [-0.2, 0) is 9.59 Å². The number of likely N-dealkylation sites (tertiary alicyclic amines) is 1. The Morgan fingerprint density at radius 3 is 2.70 bits per heavy atom. The van der Waals surface area contributed by atoms with Crippen LogP contribution in [0, 0.1) is 5.92 Å². The largest absolute Gasteiger partial charge is 0.356 e. The number of nitrogens with zero attached hydrogens (tertiary/aromatic N) is 3. The fourth-order valence-electron chi connectivity index (χ4n) is 5.24. The van der Waals surface area contributed by atoms with Crippen molar-refractivity contribution in [3.05, 3.63) is 29.1 Å². The lowest BCUT2D eigenvalue weighted by molar-refractivity contribution is -0.137. The van der Waals surface area contributed by atoms with Gasteiger partial charge in [-0.2, -0.15) is 4.37 Å². The average Bonchev–Trinajstić information content (AvgIpc) is 3.21. The van der Waals surface area contributed by atoms with Crippen LogP contribution in [0.4, 0.5) is 0 Å². The van der Waals surface area contributed by atoms with Crippen molar-refractivity contribution >= 4 is 40.2 Å². The summed E-state index contributed by atoms with van der Waals surface area (Å²) >= 11 is 1.26. The summed E-state index contributed by atoms with van der Waals surface area (Å²) in [5.41, 5.74) is 0.857. The maximum Gasteiger partial charge on any atom is 0.266 e. The second kappa shape index (κ2) is 7.98. The molecule has 3 unspecified atom stereocenters. The maximum atomic E-state index is 13.2. The van der Waals surface area contributed by atoms with Crippen molar-refractivity contribution in [3.8, 4) is 0 Å². The fourth-order valence-corrected chi connectivity index (χ4v) is 6.07. The van der Waals surface area contributed by atoms with E-state index in [9.17, 15) is 14.4 Å². The van der Waals surface area contributed by atoms with E-state index in [-0.39, 0.29) is 35.7 Å². The smallest absolute Gasteiger partial charge is 0.266 e. The van der Waals surface area contributed by atoms with E-state index in [0.717, 1.165) is 36.6 Å². The summed E-state index contributed by atoms with van der Waals surface area (Å²) in [4.78, 5) is 42.8. The van der Waals surface area contributed by atoms with Crippen LogP contribution in [0.2, 0.25) is 0 Å². The van der Waals surface area contributed by atoms with E-state index in [1.165, 1.54) is 11.5 Å². The molecule has 8 heteroatoms. The third kappa shape index (κ3) is 3.57. The molecule has 3 saturated heterocycles. The third-order valence-electron chi connectivity index (χ3n) is 6.68. The van der Waals surface area contributed by atoms with Gasteiger partial charge in [0.2, 0.25) is 11.8 Å². The van der Waals surface area contributed by atoms with Crippen LogP contribution in [0.1, 0.15) is 48.2 Å². The first-order valence-electron chi connectivity index (χ1n) is 10.8. The molecule has 1 aromatic heterocycles. The van der Waals surface area contributed by atoms with Gasteiger partial charge >= 0.3 is 0 Å². The van der Waals surface area contributed by atoms with Crippen LogP contribution in [0.5, 0.6) is 0 Å². The first kappa shape index (κ1) is 19.5. The third-order valence-corrected chi connectivity index (χ3v) is 7.55. The van der Waals surface area contributed by atoms with E-state index in [0.29, 0.717) is 37.4 Å². The van der Waals surface area contributed by atoms with Gasteiger partial charge < -0.3 is 15.1 Å². The Bertz CT molecular complexity index is 976. The van der Waals surface area contributed by atoms with E-state index < -0.39 is 0 Å². The van der Waals surface area contributed by atoms with E-state index >= 15 is 0 Å². The topological polar surface area (TPSA) is 82.6 Å². The molecule has 3 aliphatic rings. The van der Waals surface area contributed by atoms with E-state index in [1.807, 2.05) is 34.1 Å². The molecule has 7 nitrogen and oxygen atoms in total. The van der Waals surface area contributed by atoms with Gasteiger partial charge in [-0.3, -0.25) is 14.4 Å². The molecule has 0 radical (unpaired) electrons. The van der Waals surface area contributed by atoms with Gasteiger partial charge in [0.15, 0.2) is 0 Å². The Hall–Kier alpha value is -2.48. The molecule has 3 amide bonds. The summed E-state index contributed by atoms with van der Waals surface area (Å²) in [6.07, 6.45) is 4.60. The molecule has 2 aromatic rings. The van der Waals surface area contributed by atoms with Crippen molar-refractivity contribution < 1.29 is 14.4 Å². The zero-order valence-electron chi connectivity index (χ0n) is 16.9. The molecular formula is C22H26N4O3S. The molecule has 158 valence electrons. The van der Waals surface area contributed by atoms with Crippen molar-refractivity contribution in [2.45, 2.75) is 50.6 Å². The highest BCUT2D eigenvalue weighted by Gasteiger charge is 2.44. The van der Waals surface area contributed by atoms with Crippen molar-refractivity contribution in [1.29, 1.82) is 0 Å². The van der Waals surface area contributed by atoms with Gasteiger partial charge in [-0.25, -0.2) is 0 Å². The van der Waals surface area contributed by atoms with Crippen molar-refractivity contribution in [1.82, 2.24) is 19.5 Å². The summed E-state index contributed by atoms with van der Waals surface area (Å²) in [6, 6.07) is 7.90. The molecule has 3 aliphatic heterocycles. The summed E-state index contributed by atoms with van der Waals surface area (Å²) in [5, 5.41) is 3.80. The SMILES string of the molecule is O=C1CC(CC(=O)N2C3CCC2CN(C(=O)c2snc4ccccc24)C3)CCCN1. The lowest BCUT2D eigenvalue weighted by Gasteiger charge is -2.41. The highest BCUT2D eigenvalue weighted by molar-refractivity contribution is 7.09. The highest BCUT2D eigenvalue weighted by atomic mass is 32.1. The number of hydrogen-bond acceptors (Lipinski definition) is 5. The zero-order chi connectivity index (χ0) is 20.7. The van der Waals surface area contributed by atoms with Gasteiger partial charge in [0.25, 0.3) is 5.91 Å². The van der Waals surface area contributed by atoms with Gasteiger partial charge in [-0.1, -0.05) is 18.2 Å². The van der Waals surface area contributed by atoms with Gasteiger partial charge in [0, 0.05) is 49.9 Å². The average molecular weight is 427 g/mol. The molecule has 30 heavy (non-hydrogen) atoms. The number of benzene rings is 1. The molecule has 1 N–H and O–H groups in total. The standard InChI is InChI=1S/C22H26N4O3S/c27-19-10-14(4-3-9-23-19)11-20(28)26-15-7-8-16(26)13-25(12-15)22(29)21-17-5-1-2-6-18(17)24-30-21/h1-2,5-6,14-16H,3-4,7-13H2,(H,23,27). The van der Waals surface area contributed by atoms with Crippen LogP contribution in [0.3, 0.4) is 0 Å². The number of carbonyl (C=O) groups is 3. The van der Waals surface area contributed by atoms with Gasteiger partial charge in [0.05, 0.1) is 5.52 Å². The van der Waals surface area contributed by atoms with Crippen molar-refractivity contribution in [2.75, 3.05) is 19.6 Å². The number of piperazine rings is 1. The number of rotatable bonds is 3. The van der Waals surface area contributed by atoms with Gasteiger partial charge in [-0.15, -0.1) is 0 Å². The Balaban J connectivity index is 1.27. The molecular weight excluding hydrogens is 400 g/mol. The summed E-state index contributed by atoms with van der Waals surface area (Å²) in [7, 11) is 0.